The zero-order valence-corrected chi connectivity index (χ0v) is 11.1. The third-order valence-electron chi connectivity index (χ3n) is 2.15. The average molecular weight is 289 g/mol. The zero-order chi connectivity index (χ0) is 15.9. The third kappa shape index (κ3) is 4.22. The first kappa shape index (κ1) is 17.9. The van der Waals surface area contributed by atoms with Crippen LogP contribution in [0.1, 0.15) is 25.0 Å². The van der Waals surface area contributed by atoms with Gasteiger partial charge in [0.25, 0.3) is 0 Å². The number of allylic oxidation sites excluding steroid dienone is 3. The number of alkyl halides is 3. The molecule has 2 N–H and O–H groups in total. The molecular weight excluding hydrogens is 274 g/mol. The van der Waals surface area contributed by atoms with E-state index in [-0.39, 0.29) is 11.1 Å². The minimum Gasteiger partial charge on any atom is -0.507 e. The van der Waals surface area contributed by atoms with Gasteiger partial charge in [-0.25, -0.2) is 4.39 Å². The van der Waals surface area contributed by atoms with Crippen molar-refractivity contribution in [3.05, 3.63) is 47.8 Å². The Bertz CT molecular complexity index is 519. The molecule has 0 unspecified atom stereocenters. The predicted molar refractivity (Wildman–Crippen MR) is 71.4 cm³/mol. The minimum absolute atomic E-state index is 0.00648. The van der Waals surface area contributed by atoms with Crippen LogP contribution < -0.4 is 0 Å². The van der Waals surface area contributed by atoms with Gasteiger partial charge in [0.1, 0.15) is 11.6 Å². The van der Waals surface area contributed by atoms with Gasteiger partial charge in [-0.05, 0) is 6.07 Å². The molecule has 1 aromatic carbocycles. The van der Waals surface area contributed by atoms with Crippen LogP contribution in [0.25, 0.3) is 5.57 Å². The molecular formula is C14H15F4NO. The van der Waals surface area contributed by atoms with E-state index in [1.165, 1.54) is 12.2 Å². The fourth-order valence-corrected chi connectivity index (χ4v) is 1.35. The van der Waals surface area contributed by atoms with Crippen molar-refractivity contribution in [2.24, 2.45) is 0 Å². The molecule has 0 aliphatic heterocycles. The Kier molecular flexibility index (Phi) is 6.68. The van der Waals surface area contributed by atoms with Crippen LogP contribution in [-0.2, 0) is 6.18 Å². The van der Waals surface area contributed by atoms with Crippen LogP contribution in [0.4, 0.5) is 17.6 Å². The molecule has 6 heteroatoms. The van der Waals surface area contributed by atoms with E-state index in [2.05, 4.69) is 6.58 Å². The number of phenolic OH excluding ortho intramolecular Hbond substituents is 1. The van der Waals surface area contributed by atoms with E-state index in [4.69, 9.17) is 5.41 Å². The molecule has 0 saturated heterocycles. The van der Waals surface area contributed by atoms with Gasteiger partial charge in [0, 0.05) is 23.4 Å². The summed E-state index contributed by atoms with van der Waals surface area (Å²) in [5.41, 5.74) is -1.78. The normalized spacial score (nSPS) is 11.4. The third-order valence-corrected chi connectivity index (χ3v) is 2.15. The fourth-order valence-electron chi connectivity index (χ4n) is 1.35. The average Bonchev–Trinajstić information content (AvgIpc) is 2.37. The summed E-state index contributed by atoms with van der Waals surface area (Å²) in [4.78, 5) is 0. The molecule has 20 heavy (non-hydrogen) atoms. The van der Waals surface area contributed by atoms with Gasteiger partial charge in [-0.15, -0.1) is 0 Å². The number of hydrogen-bond acceptors (Lipinski definition) is 2. The number of phenols is 1. The molecule has 0 atom stereocenters. The van der Waals surface area contributed by atoms with Crippen LogP contribution in [-0.4, -0.2) is 11.3 Å². The Morgan fingerprint density at radius 3 is 2.25 bits per heavy atom. The summed E-state index contributed by atoms with van der Waals surface area (Å²) in [6.07, 6.45) is -1.64. The Morgan fingerprint density at radius 2 is 1.85 bits per heavy atom. The lowest BCUT2D eigenvalue weighted by Crippen LogP contribution is -2.09. The topological polar surface area (TPSA) is 44.1 Å². The van der Waals surface area contributed by atoms with Gasteiger partial charge < -0.3 is 10.5 Å². The number of aromatic hydroxyl groups is 1. The molecule has 1 aromatic rings. The van der Waals surface area contributed by atoms with Crippen molar-refractivity contribution in [1.29, 1.82) is 5.41 Å². The van der Waals surface area contributed by atoms with Gasteiger partial charge in [0.05, 0.1) is 5.56 Å². The van der Waals surface area contributed by atoms with E-state index in [9.17, 15) is 22.7 Å². The second-order valence-corrected chi connectivity index (χ2v) is 3.35. The minimum atomic E-state index is -4.87. The van der Waals surface area contributed by atoms with E-state index in [0.717, 1.165) is 6.21 Å². The van der Waals surface area contributed by atoms with Crippen molar-refractivity contribution < 1.29 is 22.7 Å². The zero-order valence-electron chi connectivity index (χ0n) is 11.1. The molecule has 0 bridgehead atoms. The summed E-state index contributed by atoms with van der Waals surface area (Å²) < 4.78 is 50.6. The summed E-state index contributed by atoms with van der Waals surface area (Å²) in [7, 11) is 0. The Balaban J connectivity index is 0.00000172. The molecule has 0 saturated carbocycles. The predicted octanol–water partition coefficient (Wildman–Crippen LogP) is 4.80. The lowest BCUT2D eigenvalue weighted by Gasteiger charge is -2.12. The lowest BCUT2D eigenvalue weighted by atomic mass is 10.0. The maximum Gasteiger partial charge on any atom is 0.419 e. The monoisotopic (exact) mass is 289 g/mol. The second kappa shape index (κ2) is 7.47. The van der Waals surface area contributed by atoms with Crippen LogP contribution in [0.3, 0.4) is 0 Å². The van der Waals surface area contributed by atoms with Gasteiger partial charge in [0.15, 0.2) is 0 Å². The number of benzene rings is 1. The second-order valence-electron chi connectivity index (χ2n) is 3.35. The molecule has 0 amide bonds. The highest BCUT2D eigenvalue weighted by molar-refractivity contribution is 6.09. The first-order valence-corrected chi connectivity index (χ1v) is 5.74. The maximum atomic E-state index is 13.1. The van der Waals surface area contributed by atoms with Crippen LogP contribution in [0.2, 0.25) is 0 Å². The van der Waals surface area contributed by atoms with Crippen molar-refractivity contribution >= 4 is 11.8 Å². The summed E-state index contributed by atoms with van der Waals surface area (Å²) in [6.45, 7) is 7.33. The molecule has 0 spiro atoms. The van der Waals surface area contributed by atoms with Crippen molar-refractivity contribution in [3.63, 3.8) is 0 Å². The maximum absolute atomic E-state index is 13.1. The number of rotatable bonds is 3. The smallest absolute Gasteiger partial charge is 0.419 e. The summed E-state index contributed by atoms with van der Waals surface area (Å²) in [5, 5.41) is 16.5. The SMILES string of the molecule is C=C/C=C(\C=N)c1cc(C(F)(F)F)c(F)cc1O.CC. The van der Waals surface area contributed by atoms with E-state index in [1.807, 2.05) is 13.8 Å². The summed E-state index contributed by atoms with van der Waals surface area (Å²) in [6, 6.07) is 0.837. The van der Waals surface area contributed by atoms with Crippen LogP contribution in [0.15, 0.2) is 30.9 Å². The number of hydrogen-bond donors (Lipinski definition) is 2. The highest BCUT2D eigenvalue weighted by Crippen LogP contribution is 2.36. The van der Waals surface area contributed by atoms with Crippen molar-refractivity contribution in [1.82, 2.24) is 0 Å². The molecule has 0 aliphatic carbocycles. The molecule has 0 radical (unpaired) electrons. The molecule has 2 nitrogen and oxygen atoms in total. The first-order chi connectivity index (χ1) is 9.31. The molecule has 0 fully saturated rings. The van der Waals surface area contributed by atoms with E-state index < -0.39 is 23.3 Å². The Morgan fingerprint density at radius 1 is 1.30 bits per heavy atom. The van der Waals surface area contributed by atoms with Crippen LogP contribution >= 0.6 is 0 Å². The Hall–Kier alpha value is -2.11. The standard InChI is InChI=1S/C12H9F4NO.C2H6/c1-2-3-7(6-17)8-4-9(12(14,15)16)10(13)5-11(8)18;1-2/h2-6,17-18H,1H2;1-2H3/b7-3+,17-6?;. The number of halogens is 4. The quantitative estimate of drug-likeness (QED) is 0.469. The van der Waals surface area contributed by atoms with E-state index >= 15 is 0 Å². The molecule has 0 aliphatic rings. The lowest BCUT2D eigenvalue weighted by molar-refractivity contribution is -0.140. The first-order valence-electron chi connectivity index (χ1n) is 5.74. The molecule has 0 heterocycles. The van der Waals surface area contributed by atoms with Gasteiger partial charge in [-0.2, -0.15) is 13.2 Å². The molecule has 110 valence electrons. The summed E-state index contributed by atoms with van der Waals surface area (Å²) >= 11 is 0. The number of nitrogens with one attached hydrogen (secondary N) is 1. The van der Waals surface area contributed by atoms with E-state index in [0.29, 0.717) is 12.1 Å². The van der Waals surface area contributed by atoms with Gasteiger partial charge in [-0.1, -0.05) is 32.6 Å². The molecule has 0 aromatic heterocycles. The van der Waals surface area contributed by atoms with Crippen LogP contribution in [0.5, 0.6) is 5.75 Å². The van der Waals surface area contributed by atoms with Gasteiger partial charge in [0.2, 0.25) is 0 Å². The van der Waals surface area contributed by atoms with E-state index in [1.54, 1.807) is 0 Å². The van der Waals surface area contributed by atoms with Gasteiger partial charge >= 0.3 is 6.18 Å². The largest absolute Gasteiger partial charge is 0.507 e. The van der Waals surface area contributed by atoms with Crippen molar-refractivity contribution in [2.75, 3.05) is 0 Å². The molecule has 1 rings (SSSR count). The van der Waals surface area contributed by atoms with Crippen molar-refractivity contribution in [3.8, 4) is 5.75 Å². The highest BCUT2D eigenvalue weighted by Gasteiger charge is 2.35. The van der Waals surface area contributed by atoms with Crippen molar-refractivity contribution in [2.45, 2.75) is 20.0 Å². The highest BCUT2D eigenvalue weighted by atomic mass is 19.4. The fraction of sp³-hybridized carbons (Fsp3) is 0.214. The Labute approximate surface area is 114 Å². The van der Waals surface area contributed by atoms with Crippen LogP contribution in [0, 0.1) is 11.2 Å². The summed E-state index contributed by atoms with van der Waals surface area (Å²) in [5.74, 6) is -2.23. The van der Waals surface area contributed by atoms with Gasteiger partial charge in [-0.3, -0.25) is 0 Å².